The molecule has 0 aliphatic rings. The molecule has 0 saturated heterocycles. The van der Waals surface area contributed by atoms with Gasteiger partial charge in [-0.1, -0.05) is 13.8 Å². The molecule has 0 atom stereocenters. The zero-order valence-corrected chi connectivity index (χ0v) is 8.55. The Balaban J connectivity index is 3.58. The summed E-state index contributed by atoms with van der Waals surface area (Å²) in [4.78, 5) is 0. The van der Waals surface area contributed by atoms with E-state index < -0.39 is 8.09 Å². The van der Waals surface area contributed by atoms with Crippen molar-refractivity contribution >= 4 is 41.2 Å². The standard InChI is InChI=1S/C4H12S4/c1-3-8(6,4-2)7-5/h5-6H,3-4H2,1-2H3. The largest absolute Gasteiger partial charge is 0.137 e. The zero-order chi connectivity index (χ0) is 6.62. The van der Waals surface area contributed by atoms with Gasteiger partial charge >= 0.3 is 0 Å². The van der Waals surface area contributed by atoms with E-state index in [1.807, 2.05) is 0 Å². The maximum Gasteiger partial charge on any atom is -0.00766 e. The van der Waals surface area contributed by atoms with Crippen molar-refractivity contribution in [3.8, 4) is 0 Å². The van der Waals surface area contributed by atoms with E-state index in [0.717, 1.165) is 11.5 Å². The van der Waals surface area contributed by atoms with Gasteiger partial charge in [0.25, 0.3) is 0 Å². The van der Waals surface area contributed by atoms with E-state index >= 15 is 0 Å². The summed E-state index contributed by atoms with van der Waals surface area (Å²) in [6.45, 7) is 4.32. The molecular formula is C4H12S4. The molecule has 0 aliphatic heterocycles. The summed E-state index contributed by atoms with van der Waals surface area (Å²) in [5.41, 5.74) is 0. The first-order chi connectivity index (χ1) is 3.68. The third kappa shape index (κ3) is 2.80. The molecule has 0 aliphatic carbocycles. The summed E-state index contributed by atoms with van der Waals surface area (Å²) >= 11 is 8.63. The molecule has 0 heterocycles. The third-order valence-corrected chi connectivity index (χ3v) is 11.2. The maximum atomic E-state index is 4.49. The normalized spacial score (nSPS) is 14.0. The van der Waals surface area contributed by atoms with E-state index in [1.165, 1.54) is 0 Å². The molecule has 0 aromatic carbocycles. The molecule has 0 radical (unpaired) electrons. The molecule has 0 fully saturated rings. The van der Waals surface area contributed by atoms with Gasteiger partial charge in [0.05, 0.1) is 0 Å². The SMILES string of the molecule is CCS(S)(CC)SS. The highest BCUT2D eigenvalue weighted by Gasteiger charge is 2.11. The van der Waals surface area contributed by atoms with Crippen molar-refractivity contribution in [2.75, 3.05) is 11.5 Å². The van der Waals surface area contributed by atoms with Crippen molar-refractivity contribution in [3.63, 3.8) is 0 Å². The topological polar surface area (TPSA) is 0 Å². The molecule has 0 bridgehead atoms. The molecule has 4 heteroatoms. The quantitative estimate of drug-likeness (QED) is 0.507. The molecule has 0 N–H and O–H groups in total. The highest BCUT2D eigenvalue weighted by molar-refractivity contribution is 9.33. The second-order valence-electron chi connectivity index (χ2n) is 1.42. The first-order valence-electron chi connectivity index (χ1n) is 2.52. The predicted molar refractivity (Wildman–Crippen MR) is 54.2 cm³/mol. The first kappa shape index (κ1) is 9.40. The number of thiol groups is 2. The molecule has 0 unspecified atom stereocenters. The van der Waals surface area contributed by atoms with Crippen LogP contribution in [0, 0.1) is 0 Å². The lowest BCUT2D eigenvalue weighted by Gasteiger charge is -2.27. The molecule has 52 valence electrons. The van der Waals surface area contributed by atoms with E-state index in [4.69, 9.17) is 0 Å². The van der Waals surface area contributed by atoms with Gasteiger partial charge in [-0.05, 0) is 21.3 Å². The fourth-order valence-electron chi connectivity index (χ4n) is 0.310. The molecule has 8 heavy (non-hydrogen) atoms. The Bertz CT molecular complexity index is 50.8. The number of hydrogen-bond donors (Lipinski definition) is 2. The lowest BCUT2D eigenvalue weighted by atomic mass is 11.0. The monoisotopic (exact) mass is 188 g/mol. The number of rotatable bonds is 3. The van der Waals surface area contributed by atoms with Crippen molar-refractivity contribution in [1.82, 2.24) is 0 Å². The Morgan fingerprint density at radius 2 is 1.75 bits per heavy atom. The van der Waals surface area contributed by atoms with Crippen LogP contribution in [0.5, 0.6) is 0 Å². The average molecular weight is 188 g/mol. The Morgan fingerprint density at radius 3 is 1.75 bits per heavy atom. The Kier molecular flexibility index (Phi) is 5.00. The molecule has 0 spiro atoms. The van der Waals surface area contributed by atoms with Crippen LogP contribution in [0.4, 0.5) is 0 Å². The zero-order valence-electron chi connectivity index (χ0n) is 5.13. The van der Waals surface area contributed by atoms with Crippen LogP contribution in [0.3, 0.4) is 0 Å². The van der Waals surface area contributed by atoms with Crippen molar-refractivity contribution < 1.29 is 0 Å². The summed E-state index contributed by atoms with van der Waals surface area (Å²) in [5, 5.41) is 0. The molecule has 0 amide bonds. The van der Waals surface area contributed by atoms with E-state index in [9.17, 15) is 0 Å². The van der Waals surface area contributed by atoms with Crippen LogP contribution in [0.25, 0.3) is 0 Å². The highest BCUT2D eigenvalue weighted by Crippen LogP contribution is 2.64. The fourth-order valence-corrected chi connectivity index (χ4v) is 3.46. The average Bonchev–Trinajstić information content (AvgIpc) is 1.87. The van der Waals surface area contributed by atoms with Gasteiger partial charge < -0.3 is 0 Å². The molecule has 0 aromatic rings. The highest BCUT2D eigenvalue weighted by atomic mass is 33.7. The van der Waals surface area contributed by atoms with Crippen LogP contribution in [-0.4, -0.2) is 11.5 Å². The summed E-state index contributed by atoms with van der Waals surface area (Å²) < 4.78 is 0. The van der Waals surface area contributed by atoms with Crippen LogP contribution >= 0.6 is 41.2 Å². The maximum absolute atomic E-state index is 4.49. The van der Waals surface area contributed by atoms with Crippen molar-refractivity contribution in [2.45, 2.75) is 13.8 Å². The summed E-state index contributed by atoms with van der Waals surface area (Å²) in [6.07, 6.45) is 0. The van der Waals surface area contributed by atoms with Crippen LogP contribution in [0.1, 0.15) is 13.8 Å². The van der Waals surface area contributed by atoms with Crippen LogP contribution in [0.2, 0.25) is 0 Å². The summed E-state index contributed by atoms with van der Waals surface area (Å²) in [6, 6.07) is 0. The molecule has 0 rings (SSSR count). The second-order valence-corrected chi connectivity index (χ2v) is 10.8. The smallest absolute Gasteiger partial charge is 0.00766 e. The summed E-state index contributed by atoms with van der Waals surface area (Å²) in [7, 11) is 0.937. The fraction of sp³-hybridized carbons (Fsp3) is 1.00. The minimum absolute atomic E-state index is 0.677. The van der Waals surface area contributed by atoms with Gasteiger partial charge in [-0.15, -0.1) is 31.4 Å². The van der Waals surface area contributed by atoms with E-state index in [1.54, 1.807) is 9.83 Å². The van der Waals surface area contributed by atoms with Gasteiger partial charge in [0.15, 0.2) is 0 Å². The third-order valence-electron chi connectivity index (χ3n) is 1.04. The van der Waals surface area contributed by atoms with Crippen LogP contribution in [-0.2, 0) is 0 Å². The van der Waals surface area contributed by atoms with Gasteiger partial charge in [0.1, 0.15) is 0 Å². The minimum atomic E-state index is -0.677. The lowest BCUT2D eigenvalue weighted by Crippen LogP contribution is -1.89. The Morgan fingerprint density at radius 1 is 1.38 bits per heavy atom. The predicted octanol–water partition coefficient (Wildman–Crippen LogP) is 3.17. The molecular weight excluding hydrogens is 176 g/mol. The van der Waals surface area contributed by atoms with E-state index in [2.05, 4.69) is 37.2 Å². The second kappa shape index (κ2) is 4.25. The van der Waals surface area contributed by atoms with E-state index in [-0.39, 0.29) is 0 Å². The van der Waals surface area contributed by atoms with Gasteiger partial charge in [0.2, 0.25) is 0 Å². The van der Waals surface area contributed by atoms with Gasteiger partial charge in [-0.2, -0.15) is 0 Å². The van der Waals surface area contributed by atoms with Gasteiger partial charge in [0, 0.05) is 0 Å². The van der Waals surface area contributed by atoms with Crippen molar-refractivity contribution in [2.24, 2.45) is 0 Å². The first-order valence-corrected chi connectivity index (χ1v) is 7.93. The molecule has 0 nitrogen and oxygen atoms in total. The number of hydrogen-bond acceptors (Lipinski definition) is 3. The minimum Gasteiger partial charge on any atom is -0.137 e. The molecule has 0 aromatic heterocycles. The van der Waals surface area contributed by atoms with Crippen LogP contribution < -0.4 is 0 Å². The van der Waals surface area contributed by atoms with Crippen LogP contribution in [0.15, 0.2) is 0 Å². The van der Waals surface area contributed by atoms with Gasteiger partial charge in [-0.3, -0.25) is 0 Å². The lowest BCUT2D eigenvalue weighted by molar-refractivity contribution is 1.45. The van der Waals surface area contributed by atoms with Gasteiger partial charge in [-0.25, -0.2) is 0 Å². The van der Waals surface area contributed by atoms with E-state index in [0.29, 0.717) is 0 Å². The Hall–Kier alpha value is 1.40. The summed E-state index contributed by atoms with van der Waals surface area (Å²) in [5.74, 6) is 2.31. The van der Waals surface area contributed by atoms with Crippen molar-refractivity contribution in [3.05, 3.63) is 0 Å². The molecule has 0 saturated carbocycles. The van der Waals surface area contributed by atoms with Crippen molar-refractivity contribution in [1.29, 1.82) is 0 Å². The Labute approximate surface area is 66.5 Å².